The van der Waals surface area contributed by atoms with Crippen LogP contribution in [-0.2, 0) is 11.3 Å². The number of ether oxygens (including phenoxy) is 1. The lowest BCUT2D eigenvalue weighted by Gasteiger charge is -2.06. The van der Waals surface area contributed by atoms with Crippen molar-refractivity contribution in [1.29, 1.82) is 0 Å². The molecule has 0 unspecified atom stereocenters. The van der Waals surface area contributed by atoms with Gasteiger partial charge in [0.1, 0.15) is 11.4 Å². The third-order valence-corrected chi connectivity index (χ3v) is 4.27. The smallest absolute Gasteiger partial charge is 0.354 e. The molecule has 0 spiro atoms. The molecule has 0 atom stereocenters. The first kappa shape index (κ1) is 14.9. The van der Waals surface area contributed by atoms with E-state index in [0.717, 1.165) is 10.6 Å². The van der Waals surface area contributed by atoms with Crippen LogP contribution in [-0.4, -0.2) is 22.3 Å². The fourth-order valence-electron chi connectivity index (χ4n) is 2.07. The number of thiophene rings is 1. The highest BCUT2D eigenvalue weighted by Crippen LogP contribution is 2.31. The van der Waals surface area contributed by atoms with Gasteiger partial charge in [-0.25, -0.2) is 4.79 Å². The zero-order chi connectivity index (χ0) is 15.5. The van der Waals surface area contributed by atoms with Crippen molar-refractivity contribution in [2.24, 2.45) is 0 Å². The van der Waals surface area contributed by atoms with Gasteiger partial charge in [0, 0.05) is 12.3 Å². The number of hydrogen-bond acceptors (Lipinski definition) is 5. The molecule has 114 valence electrons. The van der Waals surface area contributed by atoms with Crippen LogP contribution >= 0.6 is 22.9 Å². The average molecular weight is 337 g/mol. The summed E-state index contributed by atoms with van der Waals surface area (Å²) in [6.07, 6.45) is 1.81. The maximum Gasteiger partial charge on any atom is 0.354 e. The van der Waals surface area contributed by atoms with Crippen LogP contribution < -0.4 is 0 Å². The number of esters is 1. The van der Waals surface area contributed by atoms with E-state index in [9.17, 15) is 4.79 Å². The molecule has 22 heavy (non-hydrogen) atoms. The fourth-order valence-corrected chi connectivity index (χ4v) is 3.06. The van der Waals surface area contributed by atoms with E-state index in [1.807, 2.05) is 24.4 Å². The predicted octanol–water partition coefficient (Wildman–Crippen LogP) is 4.08. The Morgan fingerprint density at radius 1 is 1.45 bits per heavy atom. The highest BCUT2D eigenvalue weighted by atomic mass is 35.5. The summed E-state index contributed by atoms with van der Waals surface area (Å²) in [7, 11) is 0. The molecule has 3 aromatic heterocycles. The number of nitrogens with zero attached hydrogens (tertiary/aromatic N) is 2. The molecule has 3 heterocycles. The molecule has 0 radical (unpaired) electrons. The summed E-state index contributed by atoms with van der Waals surface area (Å²) in [6.45, 7) is 2.56. The maximum absolute atomic E-state index is 11.8. The van der Waals surface area contributed by atoms with Gasteiger partial charge in [-0.3, -0.25) is 0 Å². The first-order chi connectivity index (χ1) is 10.7. The van der Waals surface area contributed by atoms with Crippen molar-refractivity contribution in [2.45, 2.75) is 13.5 Å². The Balaban J connectivity index is 1.79. The van der Waals surface area contributed by atoms with E-state index in [4.69, 9.17) is 20.9 Å². The van der Waals surface area contributed by atoms with Crippen LogP contribution in [0.1, 0.15) is 23.1 Å². The summed E-state index contributed by atoms with van der Waals surface area (Å²) in [6, 6.07) is 9.06. The van der Waals surface area contributed by atoms with E-state index in [1.54, 1.807) is 23.6 Å². The zero-order valence-corrected chi connectivity index (χ0v) is 13.4. The highest BCUT2D eigenvalue weighted by molar-refractivity contribution is 7.19. The van der Waals surface area contributed by atoms with Gasteiger partial charge < -0.3 is 13.8 Å². The molecule has 0 N–H and O–H groups in total. The van der Waals surface area contributed by atoms with E-state index >= 15 is 0 Å². The molecule has 0 aliphatic heterocycles. The van der Waals surface area contributed by atoms with Gasteiger partial charge in [0.05, 0.1) is 22.4 Å². The minimum Gasteiger partial charge on any atom is -0.461 e. The quantitative estimate of drug-likeness (QED) is 0.659. The second-order valence-electron chi connectivity index (χ2n) is 4.53. The molecule has 0 aliphatic rings. The van der Waals surface area contributed by atoms with Crippen molar-refractivity contribution in [3.8, 4) is 10.6 Å². The lowest BCUT2D eigenvalue weighted by molar-refractivity contribution is 0.0514. The minimum atomic E-state index is -0.346. The average Bonchev–Trinajstić information content (AvgIpc) is 3.20. The van der Waals surface area contributed by atoms with E-state index in [0.29, 0.717) is 28.9 Å². The Labute approximate surface area is 136 Å². The summed E-state index contributed by atoms with van der Waals surface area (Å²) < 4.78 is 12.8. The Bertz CT molecular complexity index is 790. The lowest BCUT2D eigenvalue weighted by atomic mass is 10.3. The van der Waals surface area contributed by atoms with Gasteiger partial charge in [-0.2, -0.15) is 0 Å². The molecular formula is C15H13ClN2O3S. The SMILES string of the molecule is CCOC(=O)c1cccn1Cc1cc(-c2ccc(Cl)s2)on1. The predicted molar refractivity (Wildman–Crippen MR) is 84.3 cm³/mol. The molecule has 0 aliphatic carbocycles. The van der Waals surface area contributed by atoms with Crippen LogP contribution in [0.15, 0.2) is 41.1 Å². The Kier molecular flexibility index (Phi) is 4.31. The topological polar surface area (TPSA) is 57.3 Å². The first-order valence-corrected chi connectivity index (χ1v) is 7.90. The third kappa shape index (κ3) is 3.08. The summed E-state index contributed by atoms with van der Waals surface area (Å²) >= 11 is 7.35. The second-order valence-corrected chi connectivity index (χ2v) is 6.24. The summed E-state index contributed by atoms with van der Waals surface area (Å²) in [5, 5.41) is 4.04. The van der Waals surface area contributed by atoms with Crippen LogP contribution in [0.4, 0.5) is 0 Å². The van der Waals surface area contributed by atoms with Crippen LogP contribution in [0.5, 0.6) is 0 Å². The standard InChI is InChI=1S/C15H13ClN2O3S/c1-2-20-15(19)11-4-3-7-18(11)9-10-8-12(21-17-10)13-5-6-14(16)22-13/h3-8H,2,9H2,1H3. The Morgan fingerprint density at radius 2 is 2.32 bits per heavy atom. The van der Waals surface area contributed by atoms with Crippen molar-refractivity contribution < 1.29 is 14.1 Å². The monoisotopic (exact) mass is 336 g/mol. The van der Waals surface area contributed by atoms with E-state index in [1.165, 1.54) is 11.3 Å². The normalized spacial score (nSPS) is 10.8. The van der Waals surface area contributed by atoms with Gasteiger partial charge >= 0.3 is 5.97 Å². The summed E-state index contributed by atoms with van der Waals surface area (Å²) in [5.41, 5.74) is 1.21. The van der Waals surface area contributed by atoms with Crippen molar-refractivity contribution in [1.82, 2.24) is 9.72 Å². The van der Waals surface area contributed by atoms with Crippen LogP contribution in [0.2, 0.25) is 4.34 Å². The molecular weight excluding hydrogens is 324 g/mol. The largest absolute Gasteiger partial charge is 0.461 e. The first-order valence-electron chi connectivity index (χ1n) is 6.71. The number of rotatable bonds is 5. The minimum absolute atomic E-state index is 0.345. The third-order valence-electron chi connectivity index (χ3n) is 3.02. The van der Waals surface area contributed by atoms with Crippen LogP contribution in [0.3, 0.4) is 0 Å². The van der Waals surface area contributed by atoms with Crippen LogP contribution in [0.25, 0.3) is 10.6 Å². The van der Waals surface area contributed by atoms with Gasteiger partial charge in [0.25, 0.3) is 0 Å². The fraction of sp³-hybridized carbons (Fsp3) is 0.200. The number of carbonyl (C=O) groups excluding carboxylic acids is 1. The zero-order valence-electron chi connectivity index (χ0n) is 11.8. The van der Waals surface area contributed by atoms with E-state index in [-0.39, 0.29) is 5.97 Å². The molecule has 0 fully saturated rings. The number of carbonyl (C=O) groups is 1. The molecule has 0 bridgehead atoms. The van der Waals surface area contributed by atoms with Crippen molar-refractivity contribution in [3.05, 3.63) is 52.3 Å². The van der Waals surface area contributed by atoms with Crippen molar-refractivity contribution in [3.63, 3.8) is 0 Å². The summed E-state index contributed by atoms with van der Waals surface area (Å²) in [5.74, 6) is 0.318. The molecule has 3 aromatic rings. The van der Waals surface area contributed by atoms with Gasteiger partial charge in [0.2, 0.25) is 0 Å². The molecule has 0 amide bonds. The Morgan fingerprint density at radius 3 is 3.05 bits per heavy atom. The van der Waals surface area contributed by atoms with Gasteiger partial charge in [-0.1, -0.05) is 16.8 Å². The molecule has 0 saturated carbocycles. The van der Waals surface area contributed by atoms with Gasteiger partial charge in [-0.05, 0) is 31.2 Å². The Hall–Kier alpha value is -2.05. The van der Waals surface area contributed by atoms with Gasteiger partial charge in [-0.15, -0.1) is 11.3 Å². The lowest BCUT2D eigenvalue weighted by Crippen LogP contribution is -2.12. The molecule has 0 saturated heterocycles. The maximum atomic E-state index is 11.8. The number of halogens is 1. The van der Waals surface area contributed by atoms with Gasteiger partial charge in [0.15, 0.2) is 5.76 Å². The highest BCUT2D eigenvalue weighted by Gasteiger charge is 2.14. The van der Waals surface area contributed by atoms with Crippen molar-refractivity contribution >= 4 is 28.9 Å². The van der Waals surface area contributed by atoms with E-state index < -0.39 is 0 Å². The number of aromatic nitrogens is 2. The second kappa shape index (κ2) is 6.37. The summed E-state index contributed by atoms with van der Waals surface area (Å²) in [4.78, 5) is 12.8. The number of hydrogen-bond donors (Lipinski definition) is 0. The van der Waals surface area contributed by atoms with Crippen molar-refractivity contribution in [2.75, 3.05) is 6.61 Å². The van der Waals surface area contributed by atoms with E-state index in [2.05, 4.69) is 5.16 Å². The molecule has 3 rings (SSSR count). The van der Waals surface area contributed by atoms with Crippen LogP contribution in [0, 0.1) is 0 Å². The molecule has 5 nitrogen and oxygen atoms in total. The molecule has 0 aromatic carbocycles. The molecule has 7 heteroatoms.